The minimum Gasteiger partial charge on any atom is -0.466 e. The summed E-state index contributed by atoms with van der Waals surface area (Å²) < 4.78 is 23.7. The molecule has 0 aliphatic rings. The molecule has 0 saturated carbocycles. The third-order valence-corrected chi connectivity index (χ3v) is 11.5. The van der Waals surface area contributed by atoms with Crippen LogP contribution >= 0.6 is 0 Å². The molecular formula is C49H98N2O6. The van der Waals surface area contributed by atoms with Crippen LogP contribution in [0.15, 0.2) is 0 Å². The molecule has 0 saturated heterocycles. The standard InChI is InChI=1S/C49H98N2O6/c1-6-10-13-16-17-18-19-22-30-42-56-48(52)33-25-23-27-38-51(39-31-36-50)37-26-21-20-24-32-46(35-34-45(5)9-4)49(53)57-47(43-54-40-28-14-11-7-2)44-55-41-29-15-12-8-3/h45-47H,6-44,50H2,1-5H3. The molecule has 0 aliphatic carbocycles. The summed E-state index contributed by atoms with van der Waals surface area (Å²) in [5.74, 6) is 0.446. The normalized spacial score (nSPS) is 12.8. The van der Waals surface area contributed by atoms with Crippen LogP contribution in [0.1, 0.15) is 227 Å². The van der Waals surface area contributed by atoms with Gasteiger partial charge in [0.2, 0.25) is 0 Å². The van der Waals surface area contributed by atoms with E-state index in [0.29, 0.717) is 51.9 Å². The van der Waals surface area contributed by atoms with Gasteiger partial charge >= 0.3 is 11.9 Å². The van der Waals surface area contributed by atoms with E-state index in [2.05, 4.69) is 39.5 Å². The van der Waals surface area contributed by atoms with Gasteiger partial charge in [-0.3, -0.25) is 9.59 Å². The van der Waals surface area contributed by atoms with Gasteiger partial charge in [-0.15, -0.1) is 0 Å². The third-order valence-electron chi connectivity index (χ3n) is 11.5. The highest BCUT2D eigenvalue weighted by atomic mass is 16.6. The molecule has 2 unspecified atom stereocenters. The first-order valence-corrected chi connectivity index (χ1v) is 24.9. The molecule has 0 bridgehead atoms. The lowest BCUT2D eigenvalue weighted by atomic mass is 9.91. The lowest BCUT2D eigenvalue weighted by Crippen LogP contribution is -2.32. The monoisotopic (exact) mass is 811 g/mol. The fourth-order valence-corrected chi connectivity index (χ4v) is 7.32. The molecule has 0 aromatic rings. The molecule has 340 valence electrons. The first kappa shape index (κ1) is 55.8. The molecule has 57 heavy (non-hydrogen) atoms. The zero-order valence-corrected chi connectivity index (χ0v) is 38.8. The van der Waals surface area contributed by atoms with Gasteiger partial charge in [-0.05, 0) is 96.3 Å². The van der Waals surface area contributed by atoms with Gasteiger partial charge in [-0.1, -0.05) is 157 Å². The molecule has 8 heteroatoms. The van der Waals surface area contributed by atoms with E-state index in [0.717, 1.165) is 116 Å². The van der Waals surface area contributed by atoms with Crippen molar-refractivity contribution in [2.45, 2.75) is 233 Å². The lowest BCUT2D eigenvalue weighted by molar-refractivity contribution is -0.162. The summed E-state index contributed by atoms with van der Waals surface area (Å²) in [6.45, 7) is 17.9. The van der Waals surface area contributed by atoms with Crippen LogP contribution in [0.25, 0.3) is 0 Å². The van der Waals surface area contributed by atoms with Crippen LogP contribution in [-0.2, 0) is 28.5 Å². The summed E-state index contributed by atoms with van der Waals surface area (Å²) in [5, 5.41) is 0. The first-order valence-electron chi connectivity index (χ1n) is 24.9. The Kier molecular flexibility index (Phi) is 43.4. The van der Waals surface area contributed by atoms with Crippen LogP contribution < -0.4 is 5.73 Å². The van der Waals surface area contributed by atoms with Gasteiger partial charge in [0.1, 0.15) is 6.10 Å². The quantitative estimate of drug-likeness (QED) is 0.0479. The molecule has 0 heterocycles. The molecule has 0 spiro atoms. The van der Waals surface area contributed by atoms with Gasteiger partial charge < -0.3 is 29.6 Å². The average Bonchev–Trinajstić information content (AvgIpc) is 3.21. The summed E-state index contributed by atoms with van der Waals surface area (Å²) in [5.41, 5.74) is 5.87. The van der Waals surface area contributed by atoms with Crippen molar-refractivity contribution in [3.05, 3.63) is 0 Å². The van der Waals surface area contributed by atoms with Crippen LogP contribution in [0.3, 0.4) is 0 Å². The minimum absolute atomic E-state index is 0.0332. The number of carbonyl (C=O) groups excluding carboxylic acids is 2. The molecular weight excluding hydrogens is 713 g/mol. The molecule has 0 aliphatic heterocycles. The zero-order chi connectivity index (χ0) is 41.9. The predicted molar refractivity (Wildman–Crippen MR) is 242 cm³/mol. The Morgan fingerprint density at radius 1 is 0.526 bits per heavy atom. The summed E-state index contributed by atoms with van der Waals surface area (Å²) in [4.78, 5) is 28.4. The Labute approximate surface area is 354 Å². The van der Waals surface area contributed by atoms with Crippen molar-refractivity contribution in [3.63, 3.8) is 0 Å². The highest BCUT2D eigenvalue weighted by Crippen LogP contribution is 2.23. The Morgan fingerprint density at radius 2 is 1.00 bits per heavy atom. The number of ether oxygens (including phenoxy) is 4. The van der Waals surface area contributed by atoms with E-state index in [1.807, 2.05) is 0 Å². The second kappa shape index (κ2) is 44.3. The van der Waals surface area contributed by atoms with E-state index in [4.69, 9.17) is 24.7 Å². The van der Waals surface area contributed by atoms with Gasteiger partial charge in [0.15, 0.2) is 0 Å². The number of rotatable bonds is 46. The molecule has 0 amide bonds. The van der Waals surface area contributed by atoms with Gasteiger partial charge in [0, 0.05) is 19.6 Å². The van der Waals surface area contributed by atoms with Crippen molar-refractivity contribution in [1.29, 1.82) is 0 Å². The van der Waals surface area contributed by atoms with Gasteiger partial charge in [-0.2, -0.15) is 0 Å². The van der Waals surface area contributed by atoms with Gasteiger partial charge in [0.05, 0.1) is 25.7 Å². The molecule has 2 atom stereocenters. The Bertz CT molecular complexity index is 829. The fourth-order valence-electron chi connectivity index (χ4n) is 7.32. The number of esters is 2. The van der Waals surface area contributed by atoms with E-state index in [1.54, 1.807) is 0 Å². The van der Waals surface area contributed by atoms with Crippen molar-refractivity contribution < 1.29 is 28.5 Å². The summed E-state index contributed by atoms with van der Waals surface area (Å²) >= 11 is 0. The maximum absolute atomic E-state index is 13.6. The summed E-state index contributed by atoms with van der Waals surface area (Å²) in [7, 11) is 0. The number of hydrogen-bond donors (Lipinski definition) is 1. The highest BCUT2D eigenvalue weighted by Gasteiger charge is 2.24. The molecule has 0 aromatic carbocycles. The third kappa shape index (κ3) is 38.7. The Balaban J connectivity index is 4.60. The van der Waals surface area contributed by atoms with Crippen molar-refractivity contribution in [1.82, 2.24) is 4.90 Å². The van der Waals surface area contributed by atoms with E-state index in [1.165, 1.54) is 89.9 Å². The first-order chi connectivity index (χ1) is 27.9. The van der Waals surface area contributed by atoms with E-state index in [-0.39, 0.29) is 24.0 Å². The highest BCUT2D eigenvalue weighted by molar-refractivity contribution is 5.72. The molecule has 0 radical (unpaired) electrons. The second-order valence-electron chi connectivity index (χ2n) is 17.2. The van der Waals surface area contributed by atoms with Crippen LogP contribution in [0, 0.1) is 11.8 Å². The smallest absolute Gasteiger partial charge is 0.309 e. The number of carbonyl (C=O) groups is 2. The van der Waals surface area contributed by atoms with E-state index < -0.39 is 0 Å². The molecule has 2 N–H and O–H groups in total. The fraction of sp³-hybridized carbons (Fsp3) is 0.959. The Morgan fingerprint density at radius 3 is 1.56 bits per heavy atom. The second-order valence-corrected chi connectivity index (χ2v) is 17.2. The SMILES string of the molecule is CCCCCCCCCCCOC(=O)CCCCCN(CCCN)CCCCCCC(CCC(C)CC)C(=O)OC(COCCCCCC)COCCCCCC. The molecule has 0 fully saturated rings. The number of unbranched alkanes of at least 4 members (excludes halogenated alkanes) is 19. The van der Waals surface area contributed by atoms with Crippen molar-refractivity contribution in [2.75, 3.05) is 59.2 Å². The van der Waals surface area contributed by atoms with Gasteiger partial charge in [0.25, 0.3) is 0 Å². The zero-order valence-electron chi connectivity index (χ0n) is 38.8. The van der Waals surface area contributed by atoms with Crippen molar-refractivity contribution in [2.24, 2.45) is 17.6 Å². The topological polar surface area (TPSA) is 100 Å². The van der Waals surface area contributed by atoms with E-state index in [9.17, 15) is 9.59 Å². The maximum Gasteiger partial charge on any atom is 0.309 e. The number of nitrogens with zero attached hydrogens (tertiary/aromatic N) is 1. The van der Waals surface area contributed by atoms with Crippen LogP contribution in [-0.4, -0.2) is 82.2 Å². The lowest BCUT2D eigenvalue weighted by Gasteiger charge is -2.23. The minimum atomic E-state index is -0.344. The van der Waals surface area contributed by atoms with Gasteiger partial charge in [-0.25, -0.2) is 0 Å². The summed E-state index contributed by atoms with van der Waals surface area (Å²) in [6.07, 6.45) is 33.5. The molecule has 0 rings (SSSR count). The molecule has 0 aromatic heterocycles. The van der Waals surface area contributed by atoms with Crippen LogP contribution in [0.2, 0.25) is 0 Å². The van der Waals surface area contributed by atoms with Crippen molar-refractivity contribution >= 4 is 11.9 Å². The average molecular weight is 811 g/mol. The predicted octanol–water partition coefficient (Wildman–Crippen LogP) is 12.8. The number of nitrogens with two attached hydrogens (primary N) is 1. The van der Waals surface area contributed by atoms with Crippen molar-refractivity contribution in [3.8, 4) is 0 Å². The maximum atomic E-state index is 13.6. The van der Waals surface area contributed by atoms with Crippen LogP contribution in [0.4, 0.5) is 0 Å². The molecule has 8 nitrogen and oxygen atoms in total. The Hall–Kier alpha value is -1.22. The largest absolute Gasteiger partial charge is 0.466 e. The summed E-state index contributed by atoms with van der Waals surface area (Å²) in [6, 6.07) is 0. The number of hydrogen-bond acceptors (Lipinski definition) is 8. The van der Waals surface area contributed by atoms with E-state index >= 15 is 0 Å². The van der Waals surface area contributed by atoms with Crippen LogP contribution in [0.5, 0.6) is 0 Å².